The average molecular weight is 280 g/mol. The molecular weight excluding hydrogens is 256 g/mol. The van der Waals surface area contributed by atoms with Gasteiger partial charge in [0.1, 0.15) is 0 Å². The molecule has 2 N–H and O–H groups in total. The molecule has 0 spiro atoms. The van der Waals surface area contributed by atoms with Crippen LogP contribution < -0.4 is 15.4 Å². The van der Waals surface area contributed by atoms with Gasteiger partial charge in [-0.1, -0.05) is 0 Å². The lowest BCUT2D eigenvalue weighted by atomic mass is 9.99. The summed E-state index contributed by atoms with van der Waals surface area (Å²) in [4.78, 5) is 15.2. The summed E-state index contributed by atoms with van der Waals surface area (Å²) < 4.78 is 5.37. The van der Waals surface area contributed by atoms with Gasteiger partial charge in [0.25, 0.3) is 0 Å². The third kappa shape index (κ3) is 3.69. The van der Waals surface area contributed by atoms with Crippen molar-refractivity contribution in [2.24, 2.45) is 0 Å². The van der Waals surface area contributed by atoms with Gasteiger partial charge in [-0.15, -0.1) is 0 Å². The number of piperidine rings is 1. The standard InChI is InChI=1S/C13H24N6O/c1-5-20-13-17-11(14-3)16-12(18-13)15-10-6-7-19(4)9(2)8-10/h9-10H,5-8H2,1-4H3,(H2,14,15,16,17,18). The van der Waals surface area contributed by atoms with Gasteiger partial charge in [-0.25, -0.2) is 0 Å². The van der Waals surface area contributed by atoms with Gasteiger partial charge in [0.15, 0.2) is 0 Å². The van der Waals surface area contributed by atoms with Crippen molar-refractivity contribution in [2.75, 3.05) is 37.9 Å². The molecule has 7 heteroatoms. The highest BCUT2D eigenvalue weighted by Gasteiger charge is 2.23. The van der Waals surface area contributed by atoms with Gasteiger partial charge in [-0.3, -0.25) is 0 Å². The van der Waals surface area contributed by atoms with Crippen LogP contribution in [0.2, 0.25) is 0 Å². The van der Waals surface area contributed by atoms with E-state index < -0.39 is 0 Å². The fourth-order valence-electron chi connectivity index (χ4n) is 2.33. The van der Waals surface area contributed by atoms with Gasteiger partial charge in [0.05, 0.1) is 6.61 Å². The maximum atomic E-state index is 5.37. The highest BCUT2D eigenvalue weighted by molar-refractivity contribution is 5.36. The summed E-state index contributed by atoms with van der Waals surface area (Å²) in [5, 5.41) is 6.33. The van der Waals surface area contributed by atoms with Gasteiger partial charge in [-0.2, -0.15) is 15.0 Å². The Bertz CT molecular complexity index is 441. The quantitative estimate of drug-likeness (QED) is 0.839. The molecule has 2 heterocycles. The molecule has 1 aromatic rings. The Labute approximate surface area is 120 Å². The molecule has 20 heavy (non-hydrogen) atoms. The molecule has 2 atom stereocenters. The molecule has 1 aliphatic rings. The van der Waals surface area contributed by atoms with E-state index in [0.717, 1.165) is 19.4 Å². The largest absolute Gasteiger partial charge is 0.464 e. The first-order valence-corrected chi connectivity index (χ1v) is 7.15. The Morgan fingerprint density at radius 3 is 2.70 bits per heavy atom. The van der Waals surface area contributed by atoms with E-state index in [2.05, 4.69) is 44.5 Å². The van der Waals surface area contributed by atoms with Crippen LogP contribution in [-0.2, 0) is 0 Å². The van der Waals surface area contributed by atoms with E-state index in [-0.39, 0.29) is 0 Å². The van der Waals surface area contributed by atoms with E-state index in [9.17, 15) is 0 Å². The molecule has 2 unspecified atom stereocenters. The van der Waals surface area contributed by atoms with Crippen molar-refractivity contribution in [1.29, 1.82) is 0 Å². The maximum Gasteiger partial charge on any atom is 0.323 e. The number of rotatable bonds is 5. The van der Waals surface area contributed by atoms with E-state index in [1.165, 1.54) is 0 Å². The van der Waals surface area contributed by atoms with Crippen molar-refractivity contribution in [1.82, 2.24) is 19.9 Å². The smallest absolute Gasteiger partial charge is 0.323 e. The van der Waals surface area contributed by atoms with Crippen molar-refractivity contribution >= 4 is 11.9 Å². The molecule has 0 radical (unpaired) electrons. The summed E-state index contributed by atoms with van der Waals surface area (Å²) in [6.45, 7) is 5.78. The van der Waals surface area contributed by atoms with Crippen molar-refractivity contribution in [3.05, 3.63) is 0 Å². The molecule has 0 amide bonds. The van der Waals surface area contributed by atoms with Crippen LogP contribution in [0.15, 0.2) is 0 Å². The first-order valence-electron chi connectivity index (χ1n) is 7.15. The summed E-state index contributed by atoms with van der Waals surface area (Å²) in [5.41, 5.74) is 0. The second-order valence-electron chi connectivity index (χ2n) is 5.14. The number of likely N-dealkylation sites (tertiary alicyclic amines) is 1. The molecular formula is C13H24N6O. The molecule has 1 saturated heterocycles. The fraction of sp³-hybridized carbons (Fsp3) is 0.769. The van der Waals surface area contributed by atoms with Crippen molar-refractivity contribution < 1.29 is 4.74 Å². The predicted molar refractivity (Wildman–Crippen MR) is 79.3 cm³/mol. The van der Waals surface area contributed by atoms with Crippen LogP contribution in [0.3, 0.4) is 0 Å². The topological polar surface area (TPSA) is 75.2 Å². The van der Waals surface area contributed by atoms with Crippen LogP contribution in [0.5, 0.6) is 6.01 Å². The predicted octanol–water partition coefficient (Wildman–Crippen LogP) is 1.21. The lowest BCUT2D eigenvalue weighted by Gasteiger charge is -2.35. The molecule has 112 valence electrons. The monoisotopic (exact) mass is 280 g/mol. The highest BCUT2D eigenvalue weighted by Crippen LogP contribution is 2.19. The zero-order chi connectivity index (χ0) is 14.5. The van der Waals surface area contributed by atoms with E-state index in [0.29, 0.717) is 36.6 Å². The Hall–Kier alpha value is -1.63. The summed E-state index contributed by atoms with van der Waals surface area (Å²) in [6.07, 6.45) is 2.17. The Morgan fingerprint density at radius 2 is 2.05 bits per heavy atom. The number of nitrogens with zero attached hydrogens (tertiary/aromatic N) is 4. The lowest BCUT2D eigenvalue weighted by molar-refractivity contribution is 0.189. The zero-order valence-corrected chi connectivity index (χ0v) is 12.7. The van der Waals surface area contributed by atoms with Crippen LogP contribution >= 0.6 is 0 Å². The molecule has 1 aliphatic heterocycles. The second-order valence-corrected chi connectivity index (χ2v) is 5.14. The molecule has 1 aromatic heterocycles. The molecule has 2 rings (SSSR count). The molecule has 7 nitrogen and oxygen atoms in total. The van der Waals surface area contributed by atoms with Crippen molar-refractivity contribution in [2.45, 2.75) is 38.8 Å². The number of anilines is 2. The first-order chi connectivity index (χ1) is 9.62. The minimum atomic E-state index is 0.357. The third-order valence-electron chi connectivity index (χ3n) is 3.65. The maximum absolute atomic E-state index is 5.37. The van der Waals surface area contributed by atoms with Crippen LogP contribution in [0.1, 0.15) is 26.7 Å². The minimum absolute atomic E-state index is 0.357. The van der Waals surface area contributed by atoms with E-state index in [1.54, 1.807) is 7.05 Å². The second kappa shape index (κ2) is 6.69. The summed E-state index contributed by atoms with van der Waals surface area (Å²) in [7, 11) is 3.95. The molecule has 0 bridgehead atoms. The lowest BCUT2D eigenvalue weighted by Crippen LogP contribution is -2.42. The Kier molecular flexibility index (Phi) is 4.94. The summed E-state index contributed by atoms with van der Waals surface area (Å²) in [5.74, 6) is 1.10. The number of hydrogen-bond donors (Lipinski definition) is 2. The van der Waals surface area contributed by atoms with E-state index >= 15 is 0 Å². The first kappa shape index (κ1) is 14.8. The molecule has 0 aromatic carbocycles. The van der Waals surface area contributed by atoms with Gasteiger partial charge in [-0.05, 0) is 33.7 Å². The Balaban J connectivity index is 2.06. The van der Waals surface area contributed by atoms with E-state index in [4.69, 9.17) is 4.74 Å². The zero-order valence-electron chi connectivity index (χ0n) is 12.7. The van der Waals surface area contributed by atoms with Crippen LogP contribution in [0.4, 0.5) is 11.9 Å². The van der Waals surface area contributed by atoms with Crippen LogP contribution in [0, 0.1) is 0 Å². The van der Waals surface area contributed by atoms with Gasteiger partial charge in [0, 0.05) is 25.7 Å². The number of hydrogen-bond acceptors (Lipinski definition) is 7. The van der Waals surface area contributed by atoms with Crippen LogP contribution in [-0.4, -0.2) is 59.2 Å². The SMILES string of the molecule is CCOc1nc(NC)nc(NC2CCN(C)C(C)C2)n1. The number of nitrogens with one attached hydrogen (secondary N) is 2. The summed E-state index contributed by atoms with van der Waals surface area (Å²) >= 11 is 0. The molecule has 0 aliphatic carbocycles. The average Bonchev–Trinajstić information content (AvgIpc) is 2.43. The van der Waals surface area contributed by atoms with E-state index in [1.807, 2.05) is 6.92 Å². The van der Waals surface area contributed by atoms with Gasteiger partial charge < -0.3 is 20.3 Å². The van der Waals surface area contributed by atoms with Crippen molar-refractivity contribution in [3.8, 4) is 6.01 Å². The van der Waals surface area contributed by atoms with Gasteiger partial charge >= 0.3 is 6.01 Å². The Morgan fingerprint density at radius 1 is 1.30 bits per heavy atom. The number of aromatic nitrogens is 3. The van der Waals surface area contributed by atoms with Crippen molar-refractivity contribution in [3.63, 3.8) is 0 Å². The normalized spacial score (nSPS) is 23.4. The van der Waals surface area contributed by atoms with Gasteiger partial charge in [0.2, 0.25) is 11.9 Å². The highest BCUT2D eigenvalue weighted by atomic mass is 16.5. The number of ether oxygens (including phenoxy) is 1. The minimum Gasteiger partial charge on any atom is -0.464 e. The summed E-state index contributed by atoms with van der Waals surface area (Å²) in [6, 6.07) is 1.32. The third-order valence-corrected chi connectivity index (χ3v) is 3.65. The molecule has 1 fully saturated rings. The van der Waals surface area contributed by atoms with Crippen LogP contribution in [0.25, 0.3) is 0 Å². The molecule has 0 saturated carbocycles. The fourth-order valence-corrected chi connectivity index (χ4v) is 2.33.